The van der Waals surface area contributed by atoms with Crippen LogP contribution in [0.15, 0.2) is 0 Å². The van der Waals surface area contributed by atoms with Crippen LogP contribution in [0.2, 0.25) is 0 Å². The number of aliphatic hydroxyl groups is 4. The van der Waals surface area contributed by atoms with E-state index in [1.54, 1.807) is 0 Å². The first-order chi connectivity index (χ1) is 8.93. The molecule has 0 aliphatic carbocycles. The maximum Gasteiger partial charge on any atom is 2.00 e. The molecule has 0 aromatic rings. The van der Waals surface area contributed by atoms with Crippen LogP contribution in [0, 0.1) is 0 Å². The predicted molar refractivity (Wildman–Crippen MR) is 90.3 cm³/mol. The molecule has 0 amide bonds. The molecule has 0 aromatic carbocycles. The molecule has 0 heterocycles. The summed E-state index contributed by atoms with van der Waals surface area (Å²) in [5, 5.41) is 35.9. The van der Waals surface area contributed by atoms with E-state index in [2.05, 4.69) is 49.7 Å². The third-order valence-electron chi connectivity index (χ3n) is 2.03. The molecule has 0 aromatic heterocycles. The Labute approximate surface area is 157 Å². The third kappa shape index (κ3) is 11.8. The molecule has 0 saturated carbocycles. The average Bonchev–Trinajstić information content (AvgIpc) is 2.12. The molecule has 4 atom stereocenters. The van der Waals surface area contributed by atoms with Gasteiger partial charge in [-0.3, -0.25) is 0 Å². The number of rotatable bonds is 4. The summed E-state index contributed by atoms with van der Waals surface area (Å²) >= 11 is 18.4. The molecule has 0 saturated heterocycles. The zero-order valence-electron chi connectivity index (χ0n) is 11.9. The van der Waals surface area contributed by atoms with E-state index in [1.807, 2.05) is 0 Å². The summed E-state index contributed by atoms with van der Waals surface area (Å²) in [4.78, 5) is 2.31. The molecule has 1 radical (unpaired) electrons. The first kappa shape index (κ1) is 26.5. The van der Waals surface area contributed by atoms with Crippen molar-refractivity contribution in [2.24, 2.45) is 0 Å². The number of aliphatic hydroxyl groups excluding tert-OH is 4. The van der Waals surface area contributed by atoms with Gasteiger partial charge in [0.05, 0.1) is 0 Å². The SMILES string of the molecule is CC(O)N(C(=S)[S-])C(C)O.CC(O)N(C(=S)[S-])C(C)O.[Cu+2]. The van der Waals surface area contributed by atoms with Crippen LogP contribution in [0.3, 0.4) is 0 Å². The van der Waals surface area contributed by atoms with E-state index >= 15 is 0 Å². The molecule has 0 aliphatic heterocycles. The second-order valence-electron chi connectivity index (χ2n) is 3.87. The van der Waals surface area contributed by atoms with Gasteiger partial charge in [-0.2, -0.15) is 0 Å². The number of hydrogen-bond donors (Lipinski definition) is 4. The van der Waals surface area contributed by atoms with E-state index in [1.165, 1.54) is 27.7 Å². The molecule has 4 unspecified atom stereocenters. The van der Waals surface area contributed by atoms with Gasteiger partial charge in [0, 0.05) is 0 Å². The summed E-state index contributed by atoms with van der Waals surface area (Å²) in [5.41, 5.74) is 0. The van der Waals surface area contributed by atoms with Gasteiger partial charge in [-0.05, 0) is 27.7 Å². The van der Waals surface area contributed by atoms with E-state index in [0.29, 0.717) is 0 Å². The van der Waals surface area contributed by atoms with Gasteiger partial charge in [-0.1, -0.05) is 8.64 Å². The van der Waals surface area contributed by atoms with Crippen molar-refractivity contribution in [3.05, 3.63) is 0 Å². The Morgan fingerprint density at radius 1 is 0.714 bits per heavy atom. The molecule has 0 rings (SSSR count). The minimum Gasteiger partial charge on any atom is -0.411 e. The van der Waals surface area contributed by atoms with E-state index < -0.39 is 24.9 Å². The fraction of sp³-hybridized carbons (Fsp3) is 0.800. The van der Waals surface area contributed by atoms with Crippen LogP contribution in [-0.2, 0) is 42.3 Å². The van der Waals surface area contributed by atoms with Gasteiger partial charge in [-0.15, -0.1) is 0 Å². The Bertz CT molecular complexity index is 273. The van der Waals surface area contributed by atoms with Crippen LogP contribution in [0.5, 0.6) is 0 Å². The molecule has 0 bridgehead atoms. The molecule has 4 N–H and O–H groups in total. The fourth-order valence-electron chi connectivity index (χ4n) is 1.23. The first-order valence-electron chi connectivity index (χ1n) is 5.64. The van der Waals surface area contributed by atoms with Crippen molar-refractivity contribution in [3.63, 3.8) is 0 Å². The van der Waals surface area contributed by atoms with Gasteiger partial charge >= 0.3 is 17.1 Å². The molecule has 129 valence electrons. The van der Waals surface area contributed by atoms with Crippen LogP contribution in [0.25, 0.3) is 0 Å². The van der Waals surface area contributed by atoms with E-state index in [9.17, 15) is 0 Å². The van der Waals surface area contributed by atoms with Crippen LogP contribution >= 0.6 is 24.4 Å². The van der Waals surface area contributed by atoms with Gasteiger partial charge in [0.15, 0.2) is 0 Å². The van der Waals surface area contributed by atoms with Gasteiger partial charge < -0.3 is 79.9 Å². The monoisotopic (exact) mass is 423 g/mol. The molecule has 0 spiro atoms. The van der Waals surface area contributed by atoms with Crippen molar-refractivity contribution in [1.82, 2.24) is 9.80 Å². The Morgan fingerprint density at radius 2 is 0.857 bits per heavy atom. The van der Waals surface area contributed by atoms with Crippen LogP contribution in [-0.4, -0.2) is 63.8 Å². The van der Waals surface area contributed by atoms with Gasteiger partial charge in [0.1, 0.15) is 24.9 Å². The molecule has 0 fully saturated rings. The van der Waals surface area contributed by atoms with Crippen molar-refractivity contribution in [2.45, 2.75) is 52.6 Å². The second-order valence-corrected chi connectivity index (χ2v) is 5.94. The quantitative estimate of drug-likeness (QED) is 0.207. The Morgan fingerprint density at radius 3 is 0.857 bits per heavy atom. The Hall–Kier alpha value is 0.579. The van der Waals surface area contributed by atoms with Crippen molar-refractivity contribution in [1.29, 1.82) is 0 Å². The zero-order valence-corrected chi connectivity index (χ0v) is 16.1. The summed E-state index contributed by atoms with van der Waals surface area (Å²) < 4.78 is 0.148. The van der Waals surface area contributed by atoms with E-state index in [0.717, 1.165) is 9.80 Å². The van der Waals surface area contributed by atoms with Gasteiger partial charge in [-0.25, -0.2) is 0 Å². The average molecular weight is 424 g/mol. The smallest absolute Gasteiger partial charge is 0.411 e. The van der Waals surface area contributed by atoms with Gasteiger partial charge in [0.2, 0.25) is 0 Å². The summed E-state index contributed by atoms with van der Waals surface area (Å²) in [5.74, 6) is 0. The molecule has 21 heavy (non-hydrogen) atoms. The Balaban J connectivity index is -0.000000295. The normalized spacial score (nSPS) is 15.2. The van der Waals surface area contributed by atoms with Crippen molar-refractivity contribution in [2.75, 3.05) is 0 Å². The van der Waals surface area contributed by atoms with Crippen molar-refractivity contribution >= 4 is 58.3 Å². The summed E-state index contributed by atoms with van der Waals surface area (Å²) in [6, 6.07) is 0. The number of hydrogen-bond acceptors (Lipinski definition) is 8. The number of thiocarbonyl (C=S) groups is 2. The summed E-state index contributed by atoms with van der Waals surface area (Å²) in [7, 11) is 0. The molecule has 11 heteroatoms. The zero-order chi connectivity index (χ0) is 16.6. The van der Waals surface area contributed by atoms with Crippen LogP contribution in [0.1, 0.15) is 27.7 Å². The molecule has 6 nitrogen and oxygen atoms in total. The fourth-order valence-corrected chi connectivity index (χ4v) is 2.46. The van der Waals surface area contributed by atoms with Crippen LogP contribution < -0.4 is 0 Å². The maximum absolute atomic E-state index is 8.96. The second kappa shape index (κ2) is 13.1. The minimum atomic E-state index is -0.829. The Kier molecular flexibility index (Phi) is 16.5. The van der Waals surface area contributed by atoms with E-state index in [-0.39, 0.29) is 25.7 Å². The minimum absolute atomic E-state index is 0. The first-order valence-corrected chi connectivity index (χ1v) is 7.27. The standard InChI is InChI=1S/2C5H11NO2S2.Cu/c2*1-3(7)6(4(2)8)5(9)10;/h2*3-4,7-8H,1-2H3,(H,9,10);/q;;+2/p-2. The van der Waals surface area contributed by atoms with E-state index in [4.69, 9.17) is 20.4 Å². The predicted octanol–water partition coefficient (Wildman–Crippen LogP) is -0.409. The largest absolute Gasteiger partial charge is 2.00 e. The molecule has 0 aliphatic rings. The van der Waals surface area contributed by atoms with Crippen LogP contribution in [0.4, 0.5) is 0 Å². The number of nitrogens with zero attached hydrogens (tertiary/aromatic N) is 2. The molecular formula is C10H20CuN2O4S4. The van der Waals surface area contributed by atoms with Crippen molar-refractivity contribution < 1.29 is 37.5 Å². The summed E-state index contributed by atoms with van der Waals surface area (Å²) in [6.45, 7) is 5.97. The summed E-state index contributed by atoms with van der Waals surface area (Å²) in [6.07, 6.45) is -3.31. The maximum atomic E-state index is 8.96. The topological polar surface area (TPSA) is 87.4 Å². The third-order valence-corrected chi connectivity index (χ3v) is 2.88. The van der Waals surface area contributed by atoms with Crippen molar-refractivity contribution in [3.8, 4) is 0 Å². The molecular weight excluding hydrogens is 404 g/mol. The van der Waals surface area contributed by atoms with Gasteiger partial charge in [0.25, 0.3) is 0 Å².